The molecule has 0 N–H and O–H groups in total. The average molecular weight is 132 g/mol. The molecule has 3 nitrogen and oxygen atoms in total. The van der Waals surface area contributed by atoms with Gasteiger partial charge in [-0.25, -0.2) is 4.79 Å². The summed E-state index contributed by atoms with van der Waals surface area (Å²) in [6.45, 7) is 3.25. The van der Waals surface area contributed by atoms with E-state index in [0.29, 0.717) is 10.5 Å². The molecule has 0 saturated heterocycles. The molecule has 8 heavy (non-hydrogen) atoms. The molecule has 0 aliphatic heterocycles. The van der Waals surface area contributed by atoms with Gasteiger partial charge in [-0.3, -0.25) is 0 Å². The fourth-order valence-corrected chi connectivity index (χ4v) is 0.294. The molecule has 0 aliphatic carbocycles. The minimum Gasteiger partial charge on any atom is -0.436 e. The van der Waals surface area contributed by atoms with E-state index >= 15 is 0 Å². The van der Waals surface area contributed by atoms with Crippen LogP contribution in [0.1, 0.15) is 0 Å². The molecule has 0 aromatic heterocycles. The van der Waals surface area contributed by atoms with Crippen molar-refractivity contribution < 1.29 is 14.0 Å². The second-order valence-electron chi connectivity index (χ2n) is 1.07. The molecule has 0 aliphatic rings. The summed E-state index contributed by atoms with van der Waals surface area (Å²) in [4.78, 5) is 10.2. The molecule has 0 aromatic rings. The smallest absolute Gasteiger partial charge is 0.332 e. The molecule has 46 valence electrons. The Labute approximate surface area is 50.8 Å². The minimum atomic E-state index is -0.444. The molecule has 0 radical (unpaired) electrons. The third kappa shape index (κ3) is 3.57. The number of carbonyl (C=O) groups excluding carboxylic acids is 1. The molecule has 0 rings (SSSR count). The van der Waals surface area contributed by atoms with Crippen LogP contribution in [-0.4, -0.2) is 23.2 Å². The second-order valence-corrected chi connectivity index (χ2v) is 1.65. The van der Waals surface area contributed by atoms with Crippen molar-refractivity contribution in [1.29, 1.82) is 0 Å². The standard InChI is InChI=1S/C4H8O3Si/c1-2-4(5)6-3-7-8/h2H,1,3H2,8H3. The Morgan fingerprint density at radius 2 is 2.50 bits per heavy atom. The molecule has 0 unspecified atom stereocenters. The first-order chi connectivity index (χ1) is 3.81. The van der Waals surface area contributed by atoms with Crippen LogP contribution in [0.4, 0.5) is 0 Å². The molecule has 4 heteroatoms. The normalized spacial score (nSPS) is 8.50. The summed E-state index contributed by atoms with van der Waals surface area (Å²) >= 11 is 0. The molecular weight excluding hydrogens is 124 g/mol. The van der Waals surface area contributed by atoms with Gasteiger partial charge in [0.15, 0.2) is 6.79 Å². The van der Waals surface area contributed by atoms with Gasteiger partial charge in [0.1, 0.15) is 10.5 Å². The number of esters is 1. The van der Waals surface area contributed by atoms with Crippen LogP contribution in [0.3, 0.4) is 0 Å². The SMILES string of the molecule is C=CC(=O)OCO[SiH3]. The van der Waals surface area contributed by atoms with E-state index in [9.17, 15) is 4.79 Å². The largest absolute Gasteiger partial charge is 0.436 e. The quantitative estimate of drug-likeness (QED) is 0.213. The zero-order valence-electron chi connectivity index (χ0n) is 4.72. The van der Waals surface area contributed by atoms with E-state index in [2.05, 4.69) is 15.7 Å². The van der Waals surface area contributed by atoms with Gasteiger partial charge in [0.25, 0.3) is 0 Å². The predicted molar refractivity (Wildman–Crippen MR) is 32.2 cm³/mol. The summed E-state index contributed by atoms with van der Waals surface area (Å²) in [6.07, 6.45) is 1.10. The van der Waals surface area contributed by atoms with Gasteiger partial charge >= 0.3 is 5.97 Å². The van der Waals surface area contributed by atoms with E-state index in [1.807, 2.05) is 0 Å². The Hall–Kier alpha value is -0.613. The van der Waals surface area contributed by atoms with Crippen LogP contribution in [0, 0.1) is 0 Å². The van der Waals surface area contributed by atoms with Crippen molar-refractivity contribution in [2.45, 2.75) is 0 Å². The maximum atomic E-state index is 10.2. The molecule has 0 spiro atoms. The van der Waals surface area contributed by atoms with E-state index in [4.69, 9.17) is 0 Å². The van der Waals surface area contributed by atoms with Crippen molar-refractivity contribution in [3.63, 3.8) is 0 Å². The zero-order valence-corrected chi connectivity index (χ0v) is 6.72. The molecule has 0 atom stereocenters. The van der Waals surface area contributed by atoms with E-state index in [1.165, 1.54) is 0 Å². The summed E-state index contributed by atoms with van der Waals surface area (Å²) in [5.74, 6) is -0.444. The second kappa shape index (κ2) is 4.54. The number of carbonyl (C=O) groups is 1. The van der Waals surface area contributed by atoms with Gasteiger partial charge in [-0.05, 0) is 0 Å². The van der Waals surface area contributed by atoms with Crippen molar-refractivity contribution in [3.8, 4) is 0 Å². The Morgan fingerprint density at radius 1 is 1.88 bits per heavy atom. The van der Waals surface area contributed by atoms with Crippen LogP contribution in [0.2, 0.25) is 0 Å². The van der Waals surface area contributed by atoms with Crippen LogP contribution in [0.25, 0.3) is 0 Å². The van der Waals surface area contributed by atoms with Gasteiger partial charge in [-0.2, -0.15) is 0 Å². The summed E-state index contributed by atoms with van der Waals surface area (Å²) in [7, 11) is 0.586. The molecule has 0 amide bonds. The lowest BCUT2D eigenvalue weighted by Crippen LogP contribution is -2.02. The monoisotopic (exact) mass is 132 g/mol. The van der Waals surface area contributed by atoms with Gasteiger partial charge < -0.3 is 9.16 Å². The highest BCUT2D eigenvalue weighted by Crippen LogP contribution is 1.76. The van der Waals surface area contributed by atoms with Crippen LogP contribution < -0.4 is 0 Å². The van der Waals surface area contributed by atoms with Crippen LogP contribution in [-0.2, 0) is 14.0 Å². The van der Waals surface area contributed by atoms with Gasteiger partial charge in [0.05, 0.1) is 0 Å². The highest BCUT2D eigenvalue weighted by atomic mass is 28.2. The number of hydrogen-bond acceptors (Lipinski definition) is 3. The zero-order chi connectivity index (χ0) is 6.41. The van der Waals surface area contributed by atoms with E-state index in [-0.39, 0.29) is 6.79 Å². The highest BCUT2D eigenvalue weighted by molar-refractivity contribution is 5.97. The predicted octanol–water partition coefficient (Wildman–Crippen LogP) is -1.03. The lowest BCUT2D eigenvalue weighted by atomic mass is 10.7. The first kappa shape index (κ1) is 7.39. The Morgan fingerprint density at radius 3 is 2.88 bits per heavy atom. The van der Waals surface area contributed by atoms with Gasteiger partial charge in [0, 0.05) is 6.08 Å². The fraction of sp³-hybridized carbons (Fsp3) is 0.250. The topological polar surface area (TPSA) is 35.5 Å². The van der Waals surface area contributed by atoms with Crippen molar-refractivity contribution in [2.75, 3.05) is 6.79 Å². The lowest BCUT2D eigenvalue weighted by molar-refractivity contribution is -0.143. The average Bonchev–Trinajstić information content (AvgIpc) is 1.83. The van der Waals surface area contributed by atoms with Crippen LogP contribution in [0.5, 0.6) is 0 Å². The summed E-state index contributed by atoms with van der Waals surface area (Å²) < 4.78 is 8.96. The Kier molecular flexibility index (Phi) is 4.20. The van der Waals surface area contributed by atoms with Crippen LogP contribution in [0.15, 0.2) is 12.7 Å². The van der Waals surface area contributed by atoms with E-state index < -0.39 is 5.97 Å². The number of rotatable bonds is 3. The third-order valence-electron chi connectivity index (χ3n) is 0.486. The first-order valence-corrected chi connectivity index (χ1v) is 2.91. The summed E-state index contributed by atoms with van der Waals surface area (Å²) in [6, 6.07) is 0. The lowest BCUT2D eigenvalue weighted by Gasteiger charge is -1.96. The van der Waals surface area contributed by atoms with E-state index in [0.717, 1.165) is 6.08 Å². The molecule has 0 bridgehead atoms. The summed E-state index contributed by atoms with van der Waals surface area (Å²) in [5, 5.41) is 0. The van der Waals surface area contributed by atoms with E-state index in [1.54, 1.807) is 0 Å². The van der Waals surface area contributed by atoms with Crippen molar-refractivity contribution in [1.82, 2.24) is 0 Å². The van der Waals surface area contributed by atoms with Gasteiger partial charge in [0.2, 0.25) is 0 Å². The molecular formula is C4H8O3Si. The minimum absolute atomic E-state index is 0.0527. The van der Waals surface area contributed by atoms with Gasteiger partial charge in [-0.1, -0.05) is 6.58 Å². The highest BCUT2D eigenvalue weighted by Gasteiger charge is 1.89. The number of ether oxygens (including phenoxy) is 1. The maximum absolute atomic E-state index is 10.2. The van der Waals surface area contributed by atoms with Crippen molar-refractivity contribution >= 4 is 16.5 Å². The van der Waals surface area contributed by atoms with Gasteiger partial charge in [-0.15, -0.1) is 0 Å². The Bertz CT molecular complexity index is 91.3. The summed E-state index contributed by atoms with van der Waals surface area (Å²) in [5.41, 5.74) is 0. The van der Waals surface area contributed by atoms with Crippen molar-refractivity contribution in [3.05, 3.63) is 12.7 Å². The fourth-order valence-electron chi connectivity index (χ4n) is 0.176. The molecule has 0 fully saturated rings. The molecule has 0 saturated carbocycles. The number of hydrogen-bond donors (Lipinski definition) is 0. The third-order valence-corrected chi connectivity index (χ3v) is 0.721. The maximum Gasteiger partial charge on any atom is 0.332 e. The van der Waals surface area contributed by atoms with Crippen molar-refractivity contribution in [2.24, 2.45) is 0 Å². The molecule has 0 aromatic carbocycles. The Balaban J connectivity index is 3.11. The molecule has 0 heterocycles. The van der Waals surface area contributed by atoms with Crippen LogP contribution >= 0.6 is 0 Å². The first-order valence-electron chi connectivity index (χ1n) is 2.09.